The van der Waals surface area contributed by atoms with Crippen molar-refractivity contribution in [1.29, 1.82) is 0 Å². The highest BCUT2D eigenvalue weighted by atomic mass is 32.1. The number of aryl methyl sites for hydroxylation is 2. The fraction of sp³-hybridized carbons (Fsp3) is 0.357. The normalized spacial score (nSPS) is 17.3. The van der Waals surface area contributed by atoms with Crippen LogP contribution in [-0.4, -0.2) is 16.9 Å². The van der Waals surface area contributed by atoms with Gasteiger partial charge >= 0.3 is 5.97 Å². The fourth-order valence-corrected chi connectivity index (χ4v) is 4.19. The maximum Gasteiger partial charge on any atom is 0.348 e. The van der Waals surface area contributed by atoms with Gasteiger partial charge in [0.15, 0.2) is 0 Å². The van der Waals surface area contributed by atoms with Crippen LogP contribution in [0.25, 0.3) is 0 Å². The van der Waals surface area contributed by atoms with Crippen LogP contribution in [0.2, 0.25) is 0 Å². The van der Waals surface area contributed by atoms with Gasteiger partial charge in [-0.15, -0.1) is 22.7 Å². The topological polar surface area (TPSA) is 82.3 Å². The Hall–Kier alpha value is -1.73. The molecule has 1 aliphatic rings. The van der Waals surface area contributed by atoms with Crippen LogP contribution in [0.15, 0.2) is 11.4 Å². The zero-order valence-corrected chi connectivity index (χ0v) is 13.1. The minimum absolute atomic E-state index is 0.230. The van der Waals surface area contributed by atoms with Crippen LogP contribution in [0.3, 0.4) is 0 Å². The summed E-state index contributed by atoms with van der Waals surface area (Å²) in [4.78, 5) is 29.2. The van der Waals surface area contributed by atoms with Crippen LogP contribution in [0.4, 0.5) is 0 Å². The Morgan fingerprint density at radius 1 is 1.48 bits per heavy atom. The zero-order valence-electron chi connectivity index (χ0n) is 11.4. The molecule has 0 radical (unpaired) electrons. The van der Waals surface area contributed by atoms with Crippen molar-refractivity contribution in [1.82, 2.24) is 4.98 Å². The Labute approximate surface area is 129 Å². The minimum Gasteiger partial charge on any atom is -0.452 e. The van der Waals surface area contributed by atoms with Gasteiger partial charge in [0.25, 0.3) is 0 Å². The second kappa shape index (κ2) is 5.57. The average Bonchev–Trinajstić information content (AvgIpc) is 3.04. The van der Waals surface area contributed by atoms with Crippen LogP contribution in [0.5, 0.6) is 0 Å². The Morgan fingerprint density at radius 3 is 3.00 bits per heavy atom. The molecule has 1 amide bonds. The SMILES string of the molecule is Cc1nc2c(s1)C(OC(=O)c1cc(C(N)=O)cs1)CCC2. The molecule has 2 aromatic rings. The number of carbonyl (C=O) groups is 2. The van der Waals surface area contributed by atoms with E-state index in [1.165, 1.54) is 17.4 Å². The Kier molecular flexibility index (Phi) is 3.77. The molecular weight excluding hydrogens is 308 g/mol. The number of rotatable bonds is 3. The molecule has 1 unspecified atom stereocenters. The lowest BCUT2D eigenvalue weighted by Crippen LogP contribution is -2.15. The third kappa shape index (κ3) is 2.84. The summed E-state index contributed by atoms with van der Waals surface area (Å²) in [6, 6.07) is 1.48. The van der Waals surface area contributed by atoms with Gasteiger partial charge in [-0.25, -0.2) is 9.78 Å². The number of esters is 1. The van der Waals surface area contributed by atoms with Gasteiger partial charge in [0.05, 0.1) is 21.1 Å². The second-order valence-electron chi connectivity index (χ2n) is 4.89. The average molecular weight is 322 g/mol. The lowest BCUT2D eigenvalue weighted by molar-refractivity contribution is 0.0271. The number of nitrogens with zero attached hydrogens (tertiary/aromatic N) is 1. The molecular formula is C14H14N2O3S2. The molecule has 0 aliphatic heterocycles. The van der Waals surface area contributed by atoms with Crippen LogP contribution >= 0.6 is 22.7 Å². The fourth-order valence-electron chi connectivity index (χ4n) is 2.37. The number of thiazole rings is 1. The highest BCUT2D eigenvalue weighted by Gasteiger charge is 2.28. The molecule has 0 aromatic carbocycles. The summed E-state index contributed by atoms with van der Waals surface area (Å²) in [7, 11) is 0. The molecule has 21 heavy (non-hydrogen) atoms. The van der Waals surface area contributed by atoms with Crippen molar-refractivity contribution in [2.75, 3.05) is 0 Å². The number of amides is 1. The number of ether oxygens (including phenoxy) is 1. The van der Waals surface area contributed by atoms with Gasteiger partial charge in [-0.1, -0.05) is 0 Å². The summed E-state index contributed by atoms with van der Waals surface area (Å²) in [6.45, 7) is 1.96. The molecule has 7 heteroatoms. The van der Waals surface area contributed by atoms with Gasteiger partial charge in [-0.05, 0) is 32.3 Å². The standard InChI is InChI=1S/C14H14N2O3S2/c1-7-16-9-3-2-4-10(12(9)21-7)19-14(18)11-5-8(6-20-11)13(15)17/h5-6,10H,2-4H2,1H3,(H2,15,17). The second-order valence-corrected chi connectivity index (χ2v) is 7.04. The van der Waals surface area contributed by atoms with Crippen molar-refractivity contribution >= 4 is 34.6 Å². The predicted molar refractivity (Wildman–Crippen MR) is 80.8 cm³/mol. The van der Waals surface area contributed by atoms with Gasteiger partial charge in [0.2, 0.25) is 5.91 Å². The van der Waals surface area contributed by atoms with Crippen molar-refractivity contribution in [2.45, 2.75) is 32.3 Å². The van der Waals surface area contributed by atoms with Gasteiger partial charge in [-0.2, -0.15) is 0 Å². The molecule has 3 rings (SSSR count). The van der Waals surface area contributed by atoms with Crippen LogP contribution < -0.4 is 5.73 Å². The van der Waals surface area contributed by atoms with E-state index in [9.17, 15) is 9.59 Å². The van der Waals surface area contributed by atoms with Gasteiger partial charge in [0.1, 0.15) is 11.0 Å². The van der Waals surface area contributed by atoms with Crippen molar-refractivity contribution in [3.05, 3.63) is 37.5 Å². The van der Waals surface area contributed by atoms with Gasteiger partial charge in [-0.3, -0.25) is 4.79 Å². The third-order valence-corrected chi connectivity index (χ3v) is 5.36. The molecule has 0 saturated heterocycles. The predicted octanol–water partition coefficient (Wildman–Crippen LogP) is 2.85. The summed E-state index contributed by atoms with van der Waals surface area (Å²) >= 11 is 2.76. The Bertz CT molecular complexity index is 705. The van der Waals surface area contributed by atoms with Crippen molar-refractivity contribution in [3.63, 3.8) is 0 Å². The number of nitrogens with two attached hydrogens (primary N) is 1. The van der Waals surface area contributed by atoms with Crippen molar-refractivity contribution in [2.24, 2.45) is 5.73 Å². The summed E-state index contributed by atoms with van der Waals surface area (Å²) in [5.74, 6) is -0.945. The maximum absolute atomic E-state index is 12.2. The van der Waals surface area contributed by atoms with E-state index in [4.69, 9.17) is 10.5 Å². The molecule has 2 aromatic heterocycles. The summed E-state index contributed by atoms with van der Waals surface area (Å²) in [5, 5.41) is 2.57. The largest absolute Gasteiger partial charge is 0.452 e. The maximum atomic E-state index is 12.2. The number of fused-ring (bicyclic) bond motifs is 1. The first-order valence-corrected chi connectivity index (χ1v) is 8.29. The molecule has 1 aliphatic carbocycles. The number of hydrogen-bond acceptors (Lipinski definition) is 6. The molecule has 5 nitrogen and oxygen atoms in total. The van der Waals surface area contributed by atoms with E-state index < -0.39 is 11.9 Å². The van der Waals surface area contributed by atoms with Crippen LogP contribution in [0, 0.1) is 6.92 Å². The van der Waals surface area contributed by atoms with Gasteiger partial charge < -0.3 is 10.5 Å². The molecule has 0 saturated carbocycles. The van der Waals surface area contributed by atoms with E-state index in [0.29, 0.717) is 10.4 Å². The van der Waals surface area contributed by atoms with E-state index in [2.05, 4.69) is 4.98 Å². The Balaban J connectivity index is 1.77. The molecule has 2 heterocycles. The van der Waals surface area contributed by atoms with Crippen molar-refractivity contribution in [3.8, 4) is 0 Å². The van der Waals surface area contributed by atoms with Crippen molar-refractivity contribution < 1.29 is 14.3 Å². The van der Waals surface area contributed by atoms with Crippen LogP contribution in [0.1, 0.15) is 54.6 Å². The number of aromatic nitrogens is 1. The number of carbonyl (C=O) groups excluding carboxylic acids is 2. The number of thiophene rings is 1. The lowest BCUT2D eigenvalue weighted by atomic mass is 10.0. The monoisotopic (exact) mass is 322 g/mol. The molecule has 0 bridgehead atoms. The van der Waals surface area contributed by atoms with E-state index >= 15 is 0 Å². The zero-order chi connectivity index (χ0) is 15.0. The molecule has 110 valence electrons. The van der Waals surface area contributed by atoms with Gasteiger partial charge in [0, 0.05) is 5.38 Å². The van der Waals surface area contributed by atoms with E-state index in [1.807, 2.05) is 6.92 Å². The number of primary amides is 1. The molecule has 0 fully saturated rings. The van der Waals surface area contributed by atoms with Crippen LogP contribution in [-0.2, 0) is 11.2 Å². The minimum atomic E-state index is -0.539. The molecule has 1 atom stereocenters. The first-order chi connectivity index (χ1) is 10.0. The van der Waals surface area contributed by atoms with E-state index in [1.54, 1.807) is 16.7 Å². The first-order valence-electron chi connectivity index (χ1n) is 6.60. The molecule has 0 spiro atoms. The molecule has 2 N–H and O–H groups in total. The summed E-state index contributed by atoms with van der Waals surface area (Å²) in [6.07, 6.45) is 2.49. The van der Waals surface area contributed by atoms with E-state index in [0.717, 1.165) is 34.8 Å². The quantitative estimate of drug-likeness (QED) is 0.881. The summed E-state index contributed by atoms with van der Waals surface area (Å²) in [5.41, 5.74) is 6.57. The lowest BCUT2D eigenvalue weighted by Gasteiger charge is -2.21. The third-order valence-electron chi connectivity index (χ3n) is 3.34. The smallest absolute Gasteiger partial charge is 0.348 e. The van der Waals surface area contributed by atoms with E-state index in [-0.39, 0.29) is 6.10 Å². The first kappa shape index (κ1) is 14.2. The Morgan fingerprint density at radius 2 is 2.29 bits per heavy atom. The highest BCUT2D eigenvalue weighted by molar-refractivity contribution is 7.12. The highest BCUT2D eigenvalue weighted by Crippen LogP contribution is 2.37. The number of hydrogen-bond donors (Lipinski definition) is 1. The summed E-state index contributed by atoms with van der Waals surface area (Å²) < 4.78 is 5.60.